The van der Waals surface area contributed by atoms with Gasteiger partial charge in [0.05, 0.1) is 0 Å². The van der Waals surface area contributed by atoms with Gasteiger partial charge in [0.15, 0.2) is 0 Å². The molecular formula is C10H13NaO5S. The van der Waals surface area contributed by atoms with Crippen molar-refractivity contribution in [3.63, 3.8) is 0 Å². The predicted molar refractivity (Wildman–Crippen MR) is 63.5 cm³/mol. The first-order valence-electron chi connectivity index (χ1n) is 4.76. The van der Waals surface area contributed by atoms with Crippen LogP contribution in [0.2, 0.25) is 0 Å². The van der Waals surface area contributed by atoms with E-state index in [-0.39, 0.29) is 42.4 Å². The Bertz CT molecular complexity index is 488. The first-order chi connectivity index (χ1) is 7.33. The minimum absolute atomic E-state index is 0. The Balaban J connectivity index is 0.00000144. The molecule has 0 radical (unpaired) electrons. The zero-order chi connectivity index (χ0) is 12.0. The van der Waals surface area contributed by atoms with Crippen LogP contribution >= 0.6 is 0 Å². The molecule has 7 heteroatoms. The first kappa shape index (κ1) is 15.1. The molecular weight excluding hydrogens is 255 g/mol. The quantitative estimate of drug-likeness (QED) is 0.476. The van der Waals surface area contributed by atoms with E-state index >= 15 is 0 Å². The third-order valence-electron chi connectivity index (χ3n) is 2.85. The Hall–Kier alpha value is 0.0500. The van der Waals surface area contributed by atoms with E-state index < -0.39 is 21.2 Å². The molecule has 0 saturated carbocycles. The molecule has 1 aromatic carbocycles. The van der Waals surface area contributed by atoms with Crippen LogP contribution in [0.1, 0.15) is 11.1 Å². The Morgan fingerprint density at radius 1 is 1.18 bits per heavy atom. The van der Waals surface area contributed by atoms with E-state index in [1.807, 2.05) is 0 Å². The summed E-state index contributed by atoms with van der Waals surface area (Å²) in [4.78, 5) is 0. The monoisotopic (exact) mass is 268 g/mol. The van der Waals surface area contributed by atoms with Crippen LogP contribution < -0.4 is 0 Å². The van der Waals surface area contributed by atoms with Gasteiger partial charge < -0.3 is 10.2 Å². The molecule has 3 N–H and O–H groups in total. The summed E-state index contributed by atoms with van der Waals surface area (Å²) in [6.45, 7) is 0. The van der Waals surface area contributed by atoms with Crippen molar-refractivity contribution in [2.45, 2.75) is 23.9 Å². The van der Waals surface area contributed by atoms with Gasteiger partial charge in [-0.15, -0.1) is 0 Å². The first-order valence-corrected chi connectivity index (χ1v) is 6.27. The van der Waals surface area contributed by atoms with Crippen LogP contribution in [0.15, 0.2) is 24.3 Å². The summed E-state index contributed by atoms with van der Waals surface area (Å²) in [5.74, 6) is 0. The molecule has 0 aliphatic heterocycles. The van der Waals surface area contributed by atoms with Crippen molar-refractivity contribution >= 4 is 39.7 Å². The summed E-state index contributed by atoms with van der Waals surface area (Å²) in [6, 6.07) is 7.04. The fourth-order valence-electron chi connectivity index (χ4n) is 2.08. The summed E-state index contributed by atoms with van der Waals surface area (Å²) >= 11 is 0. The molecule has 2 rings (SSSR count). The molecule has 0 saturated heterocycles. The van der Waals surface area contributed by atoms with Crippen molar-refractivity contribution in [3.8, 4) is 0 Å². The van der Waals surface area contributed by atoms with Crippen molar-refractivity contribution < 1.29 is 23.2 Å². The predicted octanol–water partition coefficient (Wildman–Crippen LogP) is -0.926. The Labute approximate surface area is 122 Å². The maximum atomic E-state index is 10.8. The average Bonchev–Trinajstić information content (AvgIpc) is 2.52. The van der Waals surface area contributed by atoms with E-state index in [4.69, 9.17) is 4.55 Å². The SMILES string of the molecule is O=S(=O)(O)C(O)C1(O)Cc2ccccc2C1.[NaH]. The van der Waals surface area contributed by atoms with Crippen LogP contribution in [0.5, 0.6) is 0 Å². The van der Waals surface area contributed by atoms with Crippen molar-refractivity contribution in [3.05, 3.63) is 35.4 Å². The molecule has 1 aliphatic carbocycles. The van der Waals surface area contributed by atoms with Gasteiger partial charge in [0.1, 0.15) is 5.60 Å². The number of hydrogen-bond donors (Lipinski definition) is 3. The molecule has 0 fully saturated rings. The summed E-state index contributed by atoms with van der Waals surface area (Å²) in [6.07, 6.45) is 0.0360. The van der Waals surface area contributed by atoms with Gasteiger partial charge in [0.2, 0.25) is 5.44 Å². The number of aliphatic hydroxyl groups is 2. The van der Waals surface area contributed by atoms with Crippen molar-refractivity contribution in [2.24, 2.45) is 0 Å². The number of fused-ring (bicyclic) bond motifs is 1. The maximum absolute atomic E-state index is 10.8. The van der Waals surface area contributed by atoms with Gasteiger partial charge in [-0.1, -0.05) is 24.3 Å². The molecule has 1 aromatic rings. The van der Waals surface area contributed by atoms with Gasteiger partial charge >= 0.3 is 29.6 Å². The van der Waals surface area contributed by atoms with E-state index in [0.29, 0.717) is 0 Å². The Kier molecular flexibility index (Phi) is 4.42. The zero-order valence-electron chi connectivity index (χ0n) is 8.37. The van der Waals surface area contributed by atoms with Gasteiger partial charge in [0.25, 0.3) is 10.1 Å². The molecule has 1 aliphatic rings. The Morgan fingerprint density at radius 3 is 1.94 bits per heavy atom. The molecule has 0 heterocycles. The summed E-state index contributed by atoms with van der Waals surface area (Å²) in [5, 5.41) is 19.5. The van der Waals surface area contributed by atoms with Crippen molar-refractivity contribution in [1.29, 1.82) is 0 Å². The van der Waals surface area contributed by atoms with Crippen LogP contribution in [-0.2, 0) is 23.0 Å². The fourth-order valence-corrected chi connectivity index (χ4v) is 2.80. The second kappa shape index (κ2) is 4.97. The van der Waals surface area contributed by atoms with Crippen LogP contribution in [-0.4, -0.2) is 63.8 Å². The van der Waals surface area contributed by atoms with Crippen LogP contribution in [0.25, 0.3) is 0 Å². The Morgan fingerprint density at radius 2 is 1.59 bits per heavy atom. The molecule has 0 spiro atoms. The second-order valence-electron chi connectivity index (χ2n) is 4.09. The molecule has 17 heavy (non-hydrogen) atoms. The normalized spacial score (nSPS) is 19.2. The van der Waals surface area contributed by atoms with E-state index in [2.05, 4.69) is 0 Å². The molecule has 1 atom stereocenters. The van der Waals surface area contributed by atoms with Gasteiger partial charge in [-0.3, -0.25) is 4.55 Å². The molecule has 0 amide bonds. The third-order valence-corrected chi connectivity index (χ3v) is 3.86. The van der Waals surface area contributed by atoms with Crippen LogP contribution in [0.4, 0.5) is 0 Å². The van der Waals surface area contributed by atoms with E-state index in [9.17, 15) is 18.6 Å². The topological polar surface area (TPSA) is 94.8 Å². The van der Waals surface area contributed by atoms with Gasteiger partial charge in [0, 0.05) is 12.8 Å². The number of benzene rings is 1. The van der Waals surface area contributed by atoms with Crippen molar-refractivity contribution in [2.75, 3.05) is 0 Å². The number of hydrogen-bond acceptors (Lipinski definition) is 4. The molecule has 1 unspecified atom stereocenters. The van der Waals surface area contributed by atoms with E-state index in [0.717, 1.165) is 11.1 Å². The molecule has 90 valence electrons. The van der Waals surface area contributed by atoms with Gasteiger partial charge in [-0.05, 0) is 11.1 Å². The van der Waals surface area contributed by atoms with Crippen molar-refractivity contribution in [1.82, 2.24) is 0 Å². The van der Waals surface area contributed by atoms with Gasteiger partial charge in [-0.2, -0.15) is 8.42 Å². The average molecular weight is 268 g/mol. The number of rotatable bonds is 2. The van der Waals surface area contributed by atoms with Crippen LogP contribution in [0, 0.1) is 0 Å². The summed E-state index contributed by atoms with van der Waals surface area (Å²) in [5.41, 5.74) is -2.44. The van der Waals surface area contributed by atoms with E-state index in [1.54, 1.807) is 24.3 Å². The zero-order valence-corrected chi connectivity index (χ0v) is 9.18. The summed E-state index contributed by atoms with van der Waals surface area (Å²) < 4.78 is 30.4. The fraction of sp³-hybridized carbons (Fsp3) is 0.400. The standard InChI is InChI=1S/C10H12O5S.Na.H/c11-9(16(13,14)15)10(12)5-7-3-1-2-4-8(7)6-10;;/h1-4,9,11-12H,5-6H2,(H,13,14,15);;. The third kappa shape index (κ3) is 2.90. The van der Waals surface area contributed by atoms with Gasteiger partial charge in [-0.25, -0.2) is 0 Å². The van der Waals surface area contributed by atoms with E-state index in [1.165, 1.54) is 0 Å². The van der Waals surface area contributed by atoms with Crippen LogP contribution in [0.3, 0.4) is 0 Å². The minimum atomic E-state index is -4.66. The number of aliphatic hydroxyl groups excluding tert-OH is 1. The molecule has 0 aromatic heterocycles. The summed E-state index contributed by atoms with van der Waals surface area (Å²) in [7, 11) is -4.66. The second-order valence-corrected chi connectivity index (χ2v) is 5.57. The molecule has 5 nitrogen and oxygen atoms in total. The molecule has 0 bridgehead atoms.